The molecule has 4 atom stereocenters. The van der Waals surface area contributed by atoms with E-state index in [0.29, 0.717) is 0 Å². The van der Waals surface area contributed by atoms with Crippen molar-refractivity contribution in [3.8, 4) is 0 Å². The average Bonchev–Trinajstić information content (AvgIpc) is 2.24. The third kappa shape index (κ3) is 4.21. The zero-order valence-electron chi connectivity index (χ0n) is 10.1. The highest BCUT2D eigenvalue weighted by Gasteiger charge is 2.48. The van der Waals surface area contributed by atoms with Crippen LogP contribution in [0.4, 0.5) is 0 Å². The SMILES string of the molecule is CC(=O)OC[C@](C)(O)[C@@H](O)[C@](C)(O)[C@H](O)CO. The van der Waals surface area contributed by atoms with Crippen molar-refractivity contribution in [2.24, 2.45) is 0 Å². The summed E-state index contributed by atoms with van der Waals surface area (Å²) in [5.41, 5.74) is -4.09. The largest absolute Gasteiger partial charge is 0.463 e. The molecule has 0 fully saturated rings. The summed E-state index contributed by atoms with van der Waals surface area (Å²) in [6, 6.07) is 0. The first kappa shape index (κ1) is 16.3. The quantitative estimate of drug-likeness (QED) is 0.338. The van der Waals surface area contributed by atoms with Gasteiger partial charge in [-0.15, -0.1) is 0 Å². The Morgan fingerprint density at radius 1 is 1.29 bits per heavy atom. The topological polar surface area (TPSA) is 127 Å². The van der Waals surface area contributed by atoms with Crippen LogP contribution in [0.15, 0.2) is 0 Å². The lowest BCUT2D eigenvalue weighted by Crippen LogP contribution is -2.61. The number of esters is 1. The van der Waals surface area contributed by atoms with Gasteiger partial charge in [-0.3, -0.25) is 4.79 Å². The Kier molecular flexibility index (Phi) is 5.50. The smallest absolute Gasteiger partial charge is 0.302 e. The third-order valence-corrected chi connectivity index (χ3v) is 2.56. The Morgan fingerprint density at radius 2 is 1.76 bits per heavy atom. The van der Waals surface area contributed by atoms with Crippen LogP contribution in [0.1, 0.15) is 20.8 Å². The molecule has 0 aromatic heterocycles. The Balaban J connectivity index is 4.76. The van der Waals surface area contributed by atoms with Crippen molar-refractivity contribution in [1.29, 1.82) is 0 Å². The molecule has 7 nitrogen and oxygen atoms in total. The van der Waals surface area contributed by atoms with Crippen LogP contribution >= 0.6 is 0 Å². The Morgan fingerprint density at radius 3 is 2.12 bits per heavy atom. The predicted molar refractivity (Wildman–Crippen MR) is 57.0 cm³/mol. The maximum absolute atomic E-state index is 10.6. The molecule has 0 amide bonds. The van der Waals surface area contributed by atoms with E-state index in [-0.39, 0.29) is 0 Å². The number of ether oxygens (including phenoxy) is 1. The second kappa shape index (κ2) is 5.74. The first-order chi connectivity index (χ1) is 7.55. The molecule has 0 aromatic rings. The van der Waals surface area contributed by atoms with Crippen molar-refractivity contribution in [1.82, 2.24) is 0 Å². The van der Waals surface area contributed by atoms with Crippen LogP contribution in [0.25, 0.3) is 0 Å². The van der Waals surface area contributed by atoms with Crippen molar-refractivity contribution in [2.75, 3.05) is 13.2 Å². The lowest BCUT2D eigenvalue weighted by Gasteiger charge is -2.40. The molecular weight excluding hydrogens is 232 g/mol. The van der Waals surface area contributed by atoms with Gasteiger partial charge >= 0.3 is 5.97 Å². The van der Waals surface area contributed by atoms with Crippen LogP contribution < -0.4 is 0 Å². The van der Waals surface area contributed by atoms with Crippen molar-refractivity contribution in [3.63, 3.8) is 0 Å². The summed E-state index contributed by atoms with van der Waals surface area (Å²) in [5.74, 6) is -0.653. The molecule has 5 N–H and O–H groups in total. The number of hydrogen-bond donors (Lipinski definition) is 5. The molecule has 7 heteroatoms. The Bertz CT molecular complexity index is 261. The van der Waals surface area contributed by atoms with E-state index in [4.69, 9.17) is 5.11 Å². The molecular formula is C10H20O7. The van der Waals surface area contributed by atoms with E-state index < -0.39 is 42.6 Å². The number of hydrogen-bond acceptors (Lipinski definition) is 7. The number of carbonyl (C=O) groups is 1. The monoisotopic (exact) mass is 252 g/mol. The van der Waals surface area contributed by atoms with Gasteiger partial charge in [-0.25, -0.2) is 0 Å². The van der Waals surface area contributed by atoms with Gasteiger partial charge in [0.25, 0.3) is 0 Å². The molecule has 17 heavy (non-hydrogen) atoms. The summed E-state index contributed by atoms with van der Waals surface area (Å²) in [6.45, 7) is 1.99. The maximum atomic E-state index is 10.6. The highest BCUT2D eigenvalue weighted by atomic mass is 16.5. The lowest BCUT2D eigenvalue weighted by atomic mass is 9.82. The molecule has 0 spiro atoms. The van der Waals surface area contributed by atoms with E-state index in [0.717, 1.165) is 20.8 Å². The van der Waals surface area contributed by atoms with Crippen molar-refractivity contribution < 1.29 is 35.1 Å². The summed E-state index contributed by atoms with van der Waals surface area (Å²) in [7, 11) is 0. The zero-order chi connectivity index (χ0) is 13.9. The molecule has 0 saturated heterocycles. The normalized spacial score (nSPS) is 22.1. The maximum Gasteiger partial charge on any atom is 0.302 e. The van der Waals surface area contributed by atoms with Gasteiger partial charge in [-0.2, -0.15) is 0 Å². The molecule has 0 unspecified atom stereocenters. The molecule has 0 aliphatic carbocycles. The fraction of sp³-hybridized carbons (Fsp3) is 0.900. The summed E-state index contributed by atoms with van der Waals surface area (Å²) >= 11 is 0. The van der Waals surface area contributed by atoms with Crippen molar-refractivity contribution >= 4 is 5.97 Å². The van der Waals surface area contributed by atoms with Crippen LogP contribution in [0.2, 0.25) is 0 Å². The Labute approximate surface area is 99.3 Å². The van der Waals surface area contributed by atoms with Crippen LogP contribution in [-0.2, 0) is 9.53 Å². The summed E-state index contributed by atoms with van der Waals surface area (Å²) in [4.78, 5) is 10.6. The van der Waals surface area contributed by atoms with Crippen LogP contribution in [0, 0.1) is 0 Å². The minimum atomic E-state index is -2.14. The highest BCUT2D eigenvalue weighted by Crippen LogP contribution is 2.25. The number of rotatable bonds is 6. The van der Waals surface area contributed by atoms with E-state index >= 15 is 0 Å². The van der Waals surface area contributed by atoms with Gasteiger partial charge in [0, 0.05) is 6.92 Å². The van der Waals surface area contributed by atoms with Gasteiger partial charge in [-0.1, -0.05) is 0 Å². The van der Waals surface area contributed by atoms with Gasteiger partial charge < -0.3 is 30.3 Å². The molecule has 102 valence electrons. The minimum absolute atomic E-state index is 0.544. The van der Waals surface area contributed by atoms with E-state index in [2.05, 4.69) is 4.74 Å². The highest BCUT2D eigenvalue weighted by molar-refractivity contribution is 5.65. The van der Waals surface area contributed by atoms with Crippen LogP contribution in [0.3, 0.4) is 0 Å². The van der Waals surface area contributed by atoms with Crippen molar-refractivity contribution in [3.05, 3.63) is 0 Å². The molecule has 0 aromatic carbocycles. The number of aliphatic hydroxyl groups is 5. The lowest BCUT2D eigenvalue weighted by molar-refractivity contribution is -0.215. The second-order valence-electron chi connectivity index (χ2n) is 4.46. The van der Waals surface area contributed by atoms with E-state index in [1.165, 1.54) is 0 Å². The molecule has 0 heterocycles. The summed E-state index contributed by atoms with van der Waals surface area (Å²) in [5, 5.41) is 47.4. The predicted octanol–water partition coefficient (Wildman–Crippen LogP) is -2.23. The first-order valence-corrected chi connectivity index (χ1v) is 5.10. The molecule has 0 bridgehead atoms. The molecule has 0 rings (SSSR count). The van der Waals surface area contributed by atoms with Crippen molar-refractivity contribution in [2.45, 2.75) is 44.2 Å². The van der Waals surface area contributed by atoms with Crippen LogP contribution in [-0.4, -0.2) is 68.1 Å². The fourth-order valence-corrected chi connectivity index (χ4v) is 1.32. The number of carbonyl (C=O) groups excluding carboxylic acids is 1. The third-order valence-electron chi connectivity index (χ3n) is 2.56. The summed E-state index contributed by atoms with van der Waals surface area (Å²) < 4.78 is 4.53. The minimum Gasteiger partial charge on any atom is -0.463 e. The molecule has 0 saturated carbocycles. The van der Waals surface area contributed by atoms with Gasteiger partial charge in [-0.05, 0) is 13.8 Å². The summed E-state index contributed by atoms with van der Waals surface area (Å²) in [6.07, 6.45) is -3.45. The van der Waals surface area contributed by atoms with E-state index in [9.17, 15) is 25.2 Å². The van der Waals surface area contributed by atoms with Gasteiger partial charge in [0.05, 0.1) is 6.61 Å². The van der Waals surface area contributed by atoms with Crippen LogP contribution in [0.5, 0.6) is 0 Å². The Hall–Kier alpha value is -0.730. The fourth-order valence-electron chi connectivity index (χ4n) is 1.32. The van der Waals surface area contributed by atoms with E-state index in [1.54, 1.807) is 0 Å². The van der Waals surface area contributed by atoms with Gasteiger partial charge in [0.1, 0.15) is 30.0 Å². The molecule has 0 aliphatic rings. The zero-order valence-corrected chi connectivity index (χ0v) is 10.1. The second-order valence-corrected chi connectivity index (χ2v) is 4.46. The molecule has 0 aliphatic heterocycles. The number of aliphatic hydroxyl groups excluding tert-OH is 3. The standard InChI is InChI=1S/C10H20O7/c1-6(12)17-5-9(2,15)8(14)10(3,16)7(13)4-11/h7-8,11,13-16H,4-5H2,1-3H3/t7-,8-,9+,10-/m1/s1. The van der Waals surface area contributed by atoms with Gasteiger partial charge in [0.2, 0.25) is 0 Å². The van der Waals surface area contributed by atoms with Gasteiger partial charge in [0.15, 0.2) is 0 Å². The molecule has 0 radical (unpaired) electrons. The average molecular weight is 252 g/mol. The first-order valence-electron chi connectivity index (χ1n) is 5.10. The van der Waals surface area contributed by atoms with E-state index in [1.807, 2.05) is 0 Å².